The zero-order valence-corrected chi connectivity index (χ0v) is 14.3. The maximum atomic E-state index is 12.0. The monoisotopic (exact) mass is 308 g/mol. The van der Waals surface area contributed by atoms with Crippen LogP contribution in [0.25, 0.3) is 0 Å². The van der Waals surface area contributed by atoms with E-state index in [4.69, 9.17) is 4.74 Å². The first-order valence-electron chi connectivity index (χ1n) is 7.81. The number of ether oxygens (including phenoxy) is 1. The lowest BCUT2D eigenvalue weighted by Crippen LogP contribution is -2.14. The smallest absolute Gasteiger partial charge is 0.334 e. The highest BCUT2D eigenvalue weighted by atomic mass is 16.5. The third-order valence-electron chi connectivity index (χ3n) is 3.76. The molecule has 2 rings (SSSR count). The zero-order chi connectivity index (χ0) is 17.0. The van der Waals surface area contributed by atoms with Crippen molar-refractivity contribution in [3.63, 3.8) is 0 Å². The van der Waals surface area contributed by atoms with Gasteiger partial charge in [-0.05, 0) is 29.0 Å². The Bertz CT molecular complexity index is 676. The first-order valence-corrected chi connectivity index (χ1v) is 7.81. The molecule has 0 bridgehead atoms. The van der Waals surface area contributed by atoms with E-state index in [1.807, 2.05) is 42.5 Å². The lowest BCUT2D eigenvalue weighted by Gasteiger charge is -2.22. The Morgan fingerprint density at radius 3 is 1.96 bits per heavy atom. The molecular weight excluding hydrogens is 284 g/mol. The normalized spacial score (nSPS) is 12.5. The summed E-state index contributed by atoms with van der Waals surface area (Å²) in [6.07, 6.45) is -0.422. The van der Waals surface area contributed by atoms with Crippen LogP contribution < -0.4 is 0 Å². The van der Waals surface area contributed by atoms with Crippen molar-refractivity contribution in [1.29, 1.82) is 0 Å². The summed E-state index contributed by atoms with van der Waals surface area (Å²) in [5.74, 6) is -0.376. The number of hydrogen-bond donors (Lipinski definition) is 0. The Labute approximate surface area is 138 Å². The van der Waals surface area contributed by atoms with Gasteiger partial charge >= 0.3 is 5.97 Å². The molecule has 0 N–H and O–H groups in total. The molecule has 0 aliphatic rings. The summed E-state index contributed by atoms with van der Waals surface area (Å²) >= 11 is 0. The highest BCUT2D eigenvalue weighted by Gasteiger charge is 2.20. The molecule has 0 aliphatic carbocycles. The third kappa shape index (κ3) is 4.32. The van der Waals surface area contributed by atoms with Crippen LogP contribution in [0.1, 0.15) is 50.5 Å². The Balaban J connectivity index is 2.37. The van der Waals surface area contributed by atoms with Gasteiger partial charge < -0.3 is 4.74 Å². The molecule has 1 unspecified atom stereocenters. The minimum atomic E-state index is -0.422. The largest absolute Gasteiger partial charge is 0.449 e. The van der Waals surface area contributed by atoms with Crippen molar-refractivity contribution in [3.05, 3.63) is 83.4 Å². The summed E-state index contributed by atoms with van der Waals surface area (Å²) in [4.78, 5) is 12.0. The second kappa shape index (κ2) is 6.82. The van der Waals surface area contributed by atoms with Gasteiger partial charge in [-0.3, -0.25) is 0 Å². The van der Waals surface area contributed by atoms with Crippen LogP contribution in [0.4, 0.5) is 0 Å². The quantitative estimate of drug-likeness (QED) is 0.573. The topological polar surface area (TPSA) is 26.3 Å². The lowest BCUT2D eigenvalue weighted by molar-refractivity contribution is -0.142. The van der Waals surface area contributed by atoms with E-state index in [-0.39, 0.29) is 11.4 Å². The van der Waals surface area contributed by atoms with Crippen molar-refractivity contribution in [2.75, 3.05) is 0 Å². The maximum absolute atomic E-state index is 12.0. The number of carbonyl (C=O) groups is 1. The molecule has 0 saturated heterocycles. The molecule has 0 aliphatic heterocycles. The molecule has 2 aromatic carbocycles. The molecule has 0 aromatic heterocycles. The average molecular weight is 308 g/mol. The van der Waals surface area contributed by atoms with Crippen molar-refractivity contribution >= 4 is 5.97 Å². The van der Waals surface area contributed by atoms with Gasteiger partial charge in [0.15, 0.2) is 6.10 Å². The molecule has 0 fully saturated rings. The highest BCUT2D eigenvalue weighted by Crippen LogP contribution is 2.29. The molecule has 2 nitrogen and oxygen atoms in total. The third-order valence-corrected chi connectivity index (χ3v) is 3.76. The summed E-state index contributed by atoms with van der Waals surface area (Å²) in [6.45, 7) is 11.9. The summed E-state index contributed by atoms with van der Waals surface area (Å²) in [7, 11) is 0. The zero-order valence-electron chi connectivity index (χ0n) is 14.3. The van der Waals surface area contributed by atoms with Crippen LogP contribution in [-0.2, 0) is 14.9 Å². The number of esters is 1. The van der Waals surface area contributed by atoms with Crippen LogP contribution in [-0.4, -0.2) is 5.97 Å². The predicted octanol–water partition coefficient (Wildman–Crippen LogP) is 5.19. The first kappa shape index (κ1) is 17.0. The van der Waals surface area contributed by atoms with Crippen LogP contribution in [0.3, 0.4) is 0 Å². The molecule has 0 spiro atoms. The molecule has 0 saturated carbocycles. The van der Waals surface area contributed by atoms with Crippen molar-refractivity contribution in [3.8, 4) is 0 Å². The van der Waals surface area contributed by atoms with Gasteiger partial charge in [0.05, 0.1) is 0 Å². The van der Waals surface area contributed by atoms with Gasteiger partial charge in [0.25, 0.3) is 0 Å². The molecule has 0 heterocycles. The molecule has 23 heavy (non-hydrogen) atoms. The van der Waals surface area contributed by atoms with Crippen molar-refractivity contribution < 1.29 is 9.53 Å². The van der Waals surface area contributed by atoms with Crippen molar-refractivity contribution in [2.24, 2.45) is 0 Å². The van der Waals surface area contributed by atoms with E-state index in [1.54, 1.807) is 6.92 Å². The number of carbonyl (C=O) groups excluding carboxylic acids is 1. The Morgan fingerprint density at radius 2 is 1.48 bits per heavy atom. The molecule has 0 amide bonds. The van der Waals surface area contributed by atoms with E-state index in [1.165, 1.54) is 5.56 Å². The van der Waals surface area contributed by atoms with Gasteiger partial charge in [0.1, 0.15) is 0 Å². The molecule has 1 atom stereocenters. The summed E-state index contributed by atoms with van der Waals surface area (Å²) < 4.78 is 5.67. The van der Waals surface area contributed by atoms with Gasteiger partial charge in [-0.2, -0.15) is 0 Å². The van der Waals surface area contributed by atoms with E-state index in [0.29, 0.717) is 5.57 Å². The predicted molar refractivity (Wildman–Crippen MR) is 94.3 cm³/mol. The van der Waals surface area contributed by atoms with Crippen LogP contribution in [0.15, 0.2) is 66.7 Å². The second-order valence-electron chi connectivity index (χ2n) is 6.85. The van der Waals surface area contributed by atoms with Gasteiger partial charge in [0, 0.05) is 5.57 Å². The summed E-state index contributed by atoms with van der Waals surface area (Å²) in [5.41, 5.74) is 3.65. The standard InChI is InChI=1S/C21H24O2/c1-15(2)20(22)23-19(16-9-7-6-8-10-16)17-11-13-18(14-12-17)21(3,4)5/h6-14,19H,1H2,2-5H3. The lowest BCUT2D eigenvalue weighted by atomic mass is 9.86. The van der Waals surface area contributed by atoms with Crippen LogP contribution in [0.2, 0.25) is 0 Å². The average Bonchev–Trinajstić information content (AvgIpc) is 2.52. The van der Waals surface area contributed by atoms with E-state index >= 15 is 0 Å². The molecule has 120 valence electrons. The molecule has 2 heteroatoms. The minimum absolute atomic E-state index is 0.0924. The van der Waals surface area contributed by atoms with E-state index < -0.39 is 6.10 Å². The minimum Gasteiger partial charge on any atom is -0.449 e. The van der Waals surface area contributed by atoms with Crippen molar-refractivity contribution in [2.45, 2.75) is 39.2 Å². The van der Waals surface area contributed by atoms with Crippen LogP contribution in [0, 0.1) is 0 Å². The number of hydrogen-bond acceptors (Lipinski definition) is 2. The number of benzene rings is 2. The van der Waals surface area contributed by atoms with E-state index in [9.17, 15) is 4.79 Å². The second-order valence-corrected chi connectivity index (χ2v) is 6.85. The molecule has 2 aromatic rings. The van der Waals surface area contributed by atoms with Crippen LogP contribution >= 0.6 is 0 Å². The van der Waals surface area contributed by atoms with Gasteiger partial charge in [-0.15, -0.1) is 0 Å². The fraction of sp³-hybridized carbons (Fsp3) is 0.286. The van der Waals surface area contributed by atoms with E-state index in [0.717, 1.165) is 11.1 Å². The van der Waals surface area contributed by atoms with Gasteiger partial charge in [-0.1, -0.05) is 81.9 Å². The number of rotatable bonds is 4. The fourth-order valence-corrected chi connectivity index (χ4v) is 2.32. The summed E-state index contributed by atoms with van der Waals surface area (Å²) in [6, 6.07) is 18.0. The maximum Gasteiger partial charge on any atom is 0.334 e. The van der Waals surface area contributed by atoms with E-state index in [2.05, 4.69) is 39.5 Å². The Hall–Kier alpha value is -2.35. The SMILES string of the molecule is C=C(C)C(=O)OC(c1ccccc1)c1ccc(C(C)(C)C)cc1. The highest BCUT2D eigenvalue weighted by molar-refractivity contribution is 5.87. The Kier molecular flexibility index (Phi) is 5.05. The molecular formula is C21H24O2. The van der Waals surface area contributed by atoms with Crippen molar-refractivity contribution in [1.82, 2.24) is 0 Å². The summed E-state index contributed by atoms with van der Waals surface area (Å²) in [5, 5.41) is 0. The Morgan fingerprint density at radius 1 is 0.957 bits per heavy atom. The van der Waals surface area contributed by atoms with Crippen LogP contribution in [0.5, 0.6) is 0 Å². The molecule has 0 radical (unpaired) electrons. The fourth-order valence-electron chi connectivity index (χ4n) is 2.32. The van der Waals surface area contributed by atoms with Gasteiger partial charge in [0.2, 0.25) is 0 Å². The van der Waals surface area contributed by atoms with Gasteiger partial charge in [-0.25, -0.2) is 4.79 Å². The first-order chi connectivity index (χ1) is 10.8.